The van der Waals surface area contributed by atoms with Gasteiger partial charge < -0.3 is 9.47 Å². The lowest BCUT2D eigenvalue weighted by molar-refractivity contribution is -0.188. The third-order valence-corrected chi connectivity index (χ3v) is 5.56. The minimum Gasteiger partial charge on any atom is -0.457 e. The van der Waals surface area contributed by atoms with E-state index in [1.54, 1.807) is 6.08 Å². The highest BCUT2D eigenvalue weighted by molar-refractivity contribution is 5.85. The maximum atomic E-state index is 12.7. The second-order valence-corrected chi connectivity index (χ2v) is 7.32. The molecule has 0 bridgehead atoms. The van der Waals surface area contributed by atoms with Crippen molar-refractivity contribution in [2.75, 3.05) is 0 Å². The molecule has 0 aromatic carbocycles. The number of hydrogen-bond donors (Lipinski definition) is 0. The van der Waals surface area contributed by atoms with Crippen molar-refractivity contribution in [1.82, 2.24) is 0 Å². The van der Waals surface area contributed by atoms with Crippen molar-refractivity contribution >= 4 is 11.9 Å². The van der Waals surface area contributed by atoms with E-state index in [0.717, 1.165) is 12.8 Å². The second kappa shape index (κ2) is 5.25. The van der Waals surface area contributed by atoms with Crippen molar-refractivity contribution in [2.45, 2.75) is 52.2 Å². The first-order valence-electron chi connectivity index (χ1n) is 8.11. The smallest absolute Gasteiger partial charge is 0.331 e. The van der Waals surface area contributed by atoms with Crippen LogP contribution < -0.4 is 0 Å². The van der Waals surface area contributed by atoms with Gasteiger partial charge >= 0.3 is 11.9 Å². The van der Waals surface area contributed by atoms with E-state index < -0.39 is 11.7 Å². The molecule has 5 atom stereocenters. The summed E-state index contributed by atoms with van der Waals surface area (Å²) in [6, 6.07) is 0. The number of cyclic esters (lactones) is 2. The Morgan fingerprint density at radius 2 is 2.05 bits per heavy atom. The van der Waals surface area contributed by atoms with Gasteiger partial charge in [-0.2, -0.15) is 0 Å². The van der Waals surface area contributed by atoms with Crippen LogP contribution in [0.2, 0.25) is 0 Å². The fourth-order valence-corrected chi connectivity index (χ4v) is 4.10. The molecule has 0 aromatic rings. The zero-order chi connectivity index (χ0) is 16.1. The molecule has 2 heterocycles. The normalized spacial score (nSPS) is 41.0. The van der Waals surface area contributed by atoms with E-state index in [9.17, 15) is 9.59 Å². The van der Waals surface area contributed by atoms with E-state index in [-0.39, 0.29) is 23.8 Å². The monoisotopic (exact) mass is 304 g/mol. The number of carbonyl (C=O) groups is 2. The molecule has 1 aliphatic carbocycles. The van der Waals surface area contributed by atoms with Crippen molar-refractivity contribution in [3.8, 4) is 0 Å². The molecule has 120 valence electrons. The Hall–Kier alpha value is -1.58. The number of allylic oxidation sites excluding steroid dienone is 2. The minimum atomic E-state index is -0.831. The topological polar surface area (TPSA) is 52.6 Å². The SMILES string of the molecule is CC1=CC[C@@H](C(C)C)[C@@H]2C(=O)O[C@H]([C@@]3(C)C=CC(=O)O3)C[C@H]12. The lowest BCUT2D eigenvalue weighted by Crippen LogP contribution is -2.52. The number of rotatable bonds is 2. The summed E-state index contributed by atoms with van der Waals surface area (Å²) in [5, 5.41) is 0. The molecule has 1 saturated heterocycles. The number of carbonyl (C=O) groups excluding carboxylic acids is 2. The summed E-state index contributed by atoms with van der Waals surface area (Å²) in [7, 11) is 0. The number of esters is 2. The van der Waals surface area contributed by atoms with Crippen LogP contribution in [0.25, 0.3) is 0 Å². The van der Waals surface area contributed by atoms with E-state index in [1.165, 1.54) is 11.6 Å². The first-order valence-corrected chi connectivity index (χ1v) is 8.11. The molecule has 0 amide bonds. The summed E-state index contributed by atoms with van der Waals surface area (Å²) in [5.41, 5.74) is 0.434. The molecule has 3 aliphatic rings. The summed E-state index contributed by atoms with van der Waals surface area (Å²) in [4.78, 5) is 24.1. The van der Waals surface area contributed by atoms with E-state index >= 15 is 0 Å². The number of fused-ring (bicyclic) bond motifs is 1. The Morgan fingerprint density at radius 1 is 1.32 bits per heavy atom. The average Bonchev–Trinajstić information content (AvgIpc) is 2.80. The third-order valence-electron chi connectivity index (χ3n) is 5.56. The van der Waals surface area contributed by atoms with Crippen LogP contribution in [0.4, 0.5) is 0 Å². The summed E-state index contributed by atoms with van der Waals surface area (Å²) in [6.07, 6.45) is 6.65. The maximum absolute atomic E-state index is 12.7. The lowest BCUT2D eigenvalue weighted by atomic mass is 9.64. The van der Waals surface area contributed by atoms with Crippen molar-refractivity contribution < 1.29 is 19.1 Å². The largest absolute Gasteiger partial charge is 0.457 e. The molecule has 4 nitrogen and oxygen atoms in total. The Bertz CT molecular complexity index is 559. The van der Waals surface area contributed by atoms with Crippen LogP contribution in [0, 0.1) is 23.7 Å². The molecule has 0 unspecified atom stereocenters. The molecule has 22 heavy (non-hydrogen) atoms. The summed E-state index contributed by atoms with van der Waals surface area (Å²) in [6.45, 7) is 8.24. The molecule has 1 fully saturated rings. The molecule has 0 aromatic heterocycles. The first-order chi connectivity index (χ1) is 10.3. The molecule has 0 radical (unpaired) electrons. The van der Waals surface area contributed by atoms with E-state index in [0.29, 0.717) is 11.8 Å². The van der Waals surface area contributed by atoms with Crippen molar-refractivity contribution in [2.24, 2.45) is 23.7 Å². The second-order valence-electron chi connectivity index (χ2n) is 7.32. The van der Waals surface area contributed by atoms with Gasteiger partial charge in [0, 0.05) is 6.08 Å². The molecule has 2 aliphatic heterocycles. The lowest BCUT2D eigenvalue weighted by Gasteiger charge is -2.46. The van der Waals surface area contributed by atoms with E-state index in [4.69, 9.17) is 9.47 Å². The Morgan fingerprint density at radius 3 is 2.64 bits per heavy atom. The fourth-order valence-electron chi connectivity index (χ4n) is 4.10. The predicted octanol–water partition coefficient (Wildman–Crippen LogP) is 3.03. The quantitative estimate of drug-likeness (QED) is 0.581. The van der Waals surface area contributed by atoms with Gasteiger partial charge in [0.1, 0.15) is 6.10 Å². The van der Waals surface area contributed by atoms with Crippen LogP contribution in [-0.2, 0) is 19.1 Å². The van der Waals surface area contributed by atoms with Gasteiger partial charge in [-0.3, -0.25) is 4.79 Å². The zero-order valence-corrected chi connectivity index (χ0v) is 13.7. The van der Waals surface area contributed by atoms with Crippen molar-refractivity contribution in [1.29, 1.82) is 0 Å². The molecule has 4 heteroatoms. The van der Waals surface area contributed by atoms with Crippen LogP contribution in [0.15, 0.2) is 23.8 Å². The summed E-state index contributed by atoms with van der Waals surface area (Å²) in [5.74, 6) is 0.404. The van der Waals surface area contributed by atoms with Crippen LogP contribution in [-0.4, -0.2) is 23.6 Å². The summed E-state index contributed by atoms with van der Waals surface area (Å²) >= 11 is 0. The van der Waals surface area contributed by atoms with Gasteiger partial charge in [0.15, 0.2) is 5.60 Å². The van der Waals surface area contributed by atoms with Gasteiger partial charge in [0.05, 0.1) is 5.92 Å². The highest BCUT2D eigenvalue weighted by Gasteiger charge is 2.52. The van der Waals surface area contributed by atoms with Gasteiger partial charge in [-0.1, -0.05) is 25.5 Å². The number of ether oxygens (including phenoxy) is 2. The molecular formula is C18H24O4. The highest BCUT2D eigenvalue weighted by atomic mass is 16.6. The minimum absolute atomic E-state index is 0.0639. The maximum Gasteiger partial charge on any atom is 0.331 e. The third kappa shape index (κ3) is 2.38. The van der Waals surface area contributed by atoms with Gasteiger partial charge in [0.2, 0.25) is 0 Å². The van der Waals surface area contributed by atoms with Crippen LogP contribution in [0.3, 0.4) is 0 Å². The highest BCUT2D eigenvalue weighted by Crippen LogP contribution is 2.47. The zero-order valence-electron chi connectivity index (χ0n) is 13.7. The molecule has 3 rings (SSSR count). The van der Waals surface area contributed by atoms with Gasteiger partial charge in [-0.15, -0.1) is 0 Å². The average molecular weight is 304 g/mol. The standard InChI is InChI=1S/C18H24O4/c1-10(2)12-6-5-11(3)13-9-14(21-17(20)16(12)13)18(4)8-7-15(19)22-18/h5,7-8,10,12-14,16H,6,9H2,1-4H3/t12-,13+,14-,16-,18+/m0/s1. The van der Waals surface area contributed by atoms with Crippen LogP contribution >= 0.6 is 0 Å². The summed E-state index contributed by atoms with van der Waals surface area (Å²) < 4.78 is 11.1. The predicted molar refractivity (Wildman–Crippen MR) is 81.8 cm³/mol. The van der Waals surface area contributed by atoms with Crippen molar-refractivity contribution in [3.05, 3.63) is 23.8 Å². The molecule has 0 saturated carbocycles. The molecular weight excluding hydrogens is 280 g/mol. The number of hydrogen-bond acceptors (Lipinski definition) is 4. The van der Waals surface area contributed by atoms with Gasteiger partial charge in [0.25, 0.3) is 0 Å². The Balaban J connectivity index is 1.87. The van der Waals surface area contributed by atoms with Crippen LogP contribution in [0.1, 0.15) is 40.5 Å². The van der Waals surface area contributed by atoms with E-state index in [2.05, 4.69) is 26.8 Å². The fraction of sp³-hybridized carbons (Fsp3) is 0.667. The molecule has 0 N–H and O–H groups in total. The van der Waals surface area contributed by atoms with Gasteiger partial charge in [-0.05, 0) is 50.5 Å². The van der Waals surface area contributed by atoms with Crippen molar-refractivity contribution in [3.63, 3.8) is 0 Å². The van der Waals surface area contributed by atoms with E-state index in [1.807, 2.05) is 6.92 Å². The van der Waals surface area contributed by atoms with Crippen LogP contribution in [0.5, 0.6) is 0 Å². The Kier molecular flexibility index (Phi) is 3.66. The van der Waals surface area contributed by atoms with Gasteiger partial charge in [-0.25, -0.2) is 4.79 Å². The molecule has 0 spiro atoms. The Labute approximate surface area is 131 Å². The first kappa shape index (κ1) is 15.3.